The van der Waals surface area contributed by atoms with Crippen molar-refractivity contribution in [3.63, 3.8) is 0 Å². The first kappa shape index (κ1) is 12.2. The SMILES string of the molecule is Cc1cc(C(F)(F)F)c(C(F)F)cc1Cl. The van der Waals surface area contributed by atoms with Gasteiger partial charge in [0.25, 0.3) is 6.43 Å². The van der Waals surface area contributed by atoms with Crippen LogP contribution in [0.15, 0.2) is 12.1 Å². The molecular weight excluding hydrogens is 239 g/mol. The molecule has 1 aromatic carbocycles. The van der Waals surface area contributed by atoms with Crippen molar-refractivity contribution in [1.82, 2.24) is 0 Å². The van der Waals surface area contributed by atoms with Gasteiger partial charge in [0.1, 0.15) is 0 Å². The van der Waals surface area contributed by atoms with Gasteiger partial charge in [-0.1, -0.05) is 11.6 Å². The van der Waals surface area contributed by atoms with Crippen LogP contribution in [0, 0.1) is 6.92 Å². The zero-order valence-corrected chi connectivity index (χ0v) is 8.26. The Morgan fingerprint density at radius 3 is 2.13 bits per heavy atom. The smallest absolute Gasteiger partial charge is 0.205 e. The molecule has 1 rings (SSSR count). The highest BCUT2D eigenvalue weighted by molar-refractivity contribution is 6.31. The standard InChI is InChI=1S/C9H6ClF5/c1-4-2-6(9(13,14)15)5(8(11)12)3-7(4)10/h2-3,8H,1H3. The zero-order valence-electron chi connectivity index (χ0n) is 7.50. The number of benzene rings is 1. The van der Waals surface area contributed by atoms with E-state index in [-0.39, 0.29) is 10.6 Å². The average Bonchev–Trinajstić information content (AvgIpc) is 2.06. The Morgan fingerprint density at radius 2 is 1.73 bits per heavy atom. The van der Waals surface area contributed by atoms with Gasteiger partial charge >= 0.3 is 6.18 Å². The molecular formula is C9H6ClF5. The maximum absolute atomic E-state index is 12.3. The van der Waals surface area contributed by atoms with Crippen molar-refractivity contribution in [1.29, 1.82) is 0 Å². The van der Waals surface area contributed by atoms with Crippen LogP contribution >= 0.6 is 11.6 Å². The molecule has 84 valence electrons. The van der Waals surface area contributed by atoms with Crippen LogP contribution in [-0.2, 0) is 6.18 Å². The van der Waals surface area contributed by atoms with Crippen molar-refractivity contribution in [3.05, 3.63) is 33.8 Å². The molecule has 0 N–H and O–H groups in total. The van der Waals surface area contributed by atoms with Crippen LogP contribution in [0.1, 0.15) is 23.1 Å². The molecule has 0 spiro atoms. The van der Waals surface area contributed by atoms with Crippen LogP contribution in [0.4, 0.5) is 22.0 Å². The van der Waals surface area contributed by atoms with Crippen molar-refractivity contribution in [2.45, 2.75) is 19.5 Å². The van der Waals surface area contributed by atoms with Crippen LogP contribution in [-0.4, -0.2) is 0 Å². The van der Waals surface area contributed by atoms with Gasteiger partial charge in [-0.25, -0.2) is 8.78 Å². The summed E-state index contributed by atoms with van der Waals surface area (Å²) in [6.07, 6.45) is -7.99. The fourth-order valence-corrected chi connectivity index (χ4v) is 1.30. The Morgan fingerprint density at radius 1 is 1.20 bits per heavy atom. The van der Waals surface area contributed by atoms with Crippen LogP contribution < -0.4 is 0 Å². The third kappa shape index (κ3) is 2.59. The molecule has 0 heterocycles. The predicted octanol–water partition coefficient (Wildman–Crippen LogP) is 4.60. The van der Waals surface area contributed by atoms with Crippen molar-refractivity contribution >= 4 is 11.6 Å². The van der Waals surface area contributed by atoms with Gasteiger partial charge in [0.05, 0.1) is 5.56 Å². The molecule has 0 aliphatic carbocycles. The zero-order chi connectivity index (χ0) is 11.8. The molecule has 0 radical (unpaired) electrons. The summed E-state index contributed by atoms with van der Waals surface area (Å²) >= 11 is 5.48. The van der Waals surface area contributed by atoms with E-state index in [0.717, 1.165) is 0 Å². The van der Waals surface area contributed by atoms with Gasteiger partial charge in [-0.15, -0.1) is 0 Å². The summed E-state index contributed by atoms with van der Waals surface area (Å²) in [6, 6.07) is 1.29. The molecule has 15 heavy (non-hydrogen) atoms. The first-order valence-corrected chi connectivity index (χ1v) is 4.26. The van der Waals surface area contributed by atoms with Crippen LogP contribution in [0.25, 0.3) is 0 Å². The van der Waals surface area contributed by atoms with Gasteiger partial charge in [-0.05, 0) is 24.6 Å². The summed E-state index contributed by atoms with van der Waals surface area (Å²) in [5.74, 6) is 0. The van der Waals surface area contributed by atoms with E-state index >= 15 is 0 Å². The van der Waals surface area contributed by atoms with Gasteiger partial charge in [0.2, 0.25) is 0 Å². The number of rotatable bonds is 1. The lowest BCUT2D eigenvalue weighted by molar-refractivity contribution is -0.139. The second-order valence-electron chi connectivity index (χ2n) is 2.99. The minimum atomic E-state index is -4.79. The second-order valence-corrected chi connectivity index (χ2v) is 3.39. The molecule has 0 bridgehead atoms. The van der Waals surface area contributed by atoms with E-state index in [0.29, 0.717) is 12.1 Å². The van der Waals surface area contributed by atoms with Crippen LogP contribution in [0.3, 0.4) is 0 Å². The lowest BCUT2D eigenvalue weighted by Crippen LogP contribution is -2.10. The highest BCUT2D eigenvalue weighted by atomic mass is 35.5. The topological polar surface area (TPSA) is 0 Å². The second kappa shape index (κ2) is 3.96. The summed E-state index contributed by atoms with van der Waals surface area (Å²) in [4.78, 5) is 0. The Bertz CT molecular complexity index is 370. The number of hydrogen-bond donors (Lipinski definition) is 0. The Hall–Kier alpha value is -0.840. The van der Waals surface area contributed by atoms with E-state index in [1.54, 1.807) is 0 Å². The van der Waals surface area contributed by atoms with Gasteiger partial charge < -0.3 is 0 Å². The largest absolute Gasteiger partial charge is 0.416 e. The average molecular weight is 245 g/mol. The molecule has 0 fully saturated rings. The number of aryl methyl sites for hydroxylation is 1. The van der Waals surface area contributed by atoms with E-state index in [9.17, 15) is 22.0 Å². The molecule has 0 saturated carbocycles. The molecule has 0 aromatic heterocycles. The summed E-state index contributed by atoms with van der Waals surface area (Å²) in [6.45, 7) is 1.33. The van der Waals surface area contributed by atoms with Gasteiger partial charge in [0.15, 0.2) is 0 Å². The first-order chi connectivity index (χ1) is 6.73. The molecule has 0 atom stereocenters. The van der Waals surface area contributed by atoms with Crippen molar-refractivity contribution in [2.24, 2.45) is 0 Å². The van der Waals surface area contributed by atoms with E-state index < -0.39 is 23.7 Å². The maximum atomic E-state index is 12.3. The maximum Gasteiger partial charge on any atom is 0.416 e. The third-order valence-corrected chi connectivity index (χ3v) is 2.28. The van der Waals surface area contributed by atoms with Crippen LogP contribution in [0.2, 0.25) is 5.02 Å². The lowest BCUT2D eigenvalue weighted by Gasteiger charge is -2.14. The van der Waals surface area contributed by atoms with Crippen molar-refractivity contribution in [3.8, 4) is 0 Å². The van der Waals surface area contributed by atoms with E-state index in [2.05, 4.69) is 0 Å². The van der Waals surface area contributed by atoms with E-state index in [1.807, 2.05) is 0 Å². The minimum Gasteiger partial charge on any atom is -0.205 e. The van der Waals surface area contributed by atoms with E-state index in [1.165, 1.54) is 6.92 Å². The van der Waals surface area contributed by atoms with Crippen molar-refractivity contribution in [2.75, 3.05) is 0 Å². The molecule has 1 aromatic rings. The highest BCUT2D eigenvalue weighted by Gasteiger charge is 2.36. The molecule has 0 nitrogen and oxygen atoms in total. The third-order valence-electron chi connectivity index (χ3n) is 1.87. The number of alkyl halides is 5. The normalized spacial score (nSPS) is 12.3. The Labute approximate surface area is 87.7 Å². The fraction of sp³-hybridized carbons (Fsp3) is 0.333. The fourth-order valence-electron chi connectivity index (χ4n) is 1.12. The van der Waals surface area contributed by atoms with Gasteiger partial charge in [-0.2, -0.15) is 13.2 Å². The molecule has 0 amide bonds. The number of halogens is 6. The lowest BCUT2D eigenvalue weighted by atomic mass is 10.0. The monoisotopic (exact) mass is 244 g/mol. The molecule has 0 saturated heterocycles. The Kier molecular flexibility index (Phi) is 3.23. The summed E-state index contributed by atoms with van der Waals surface area (Å²) in [5, 5.41) is -0.0988. The van der Waals surface area contributed by atoms with Gasteiger partial charge in [0, 0.05) is 10.6 Å². The quantitative estimate of drug-likeness (QED) is 0.633. The molecule has 0 aliphatic heterocycles. The predicted molar refractivity (Wildman–Crippen MR) is 46.1 cm³/mol. The van der Waals surface area contributed by atoms with Crippen molar-refractivity contribution < 1.29 is 22.0 Å². The molecule has 6 heteroatoms. The minimum absolute atomic E-state index is 0.0988. The summed E-state index contributed by atoms with van der Waals surface area (Å²) < 4.78 is 61.7. The summed E-state index contributed by atoms with van der Waals surface area (Å²) in [5.41, 5.74) is -2.30. The molecule has 0 aliphatic rings. The van der Waals surface area contributed by atoms with Gasteiger partial charge in [-0.3, -0.25) is 0 Å². The molecule has 0 unspecified atom stereocenters. The first-order valence-electron chi connectivity index (χ1n) is 3.89. The van der Waals surface area contributed by atoms with E-state index in [4.69, 9.17) is 11.6 Å². The highest BCUT2D eigenvalue weighted by Crippen LogP contribution is 2.38. The number of hydrogen-bond acceptors (Lipinski definition) is 0. The Balaban J connectivity index is 3.42. The van der Waals surface area contributed by atoms with Crippen LogP contribution in [0.5, 0.6) is 0 Å². The summed E-state index contributed by atoms with van der Waals surface area (Å²) in [7, 11) is 0.